The van der Waals surface area contributed by atoms with Crippen LogP contribution in [-0.4, -0.2) is 78.0 Å². The summed E-state index contributed by atoms with van der Waals surface area (Å²) < 4.78 is 5.15. The van der Waals surface area contributed by atoms with Gasteiger partial charge in [0.1, 0.15) is 17.8 Å². The number of nitrogens with zero attached hydrogens (tertiary/aromatic N) is 1. The molecular weight excluding hydrogens is 554 g/mol. The van der Waals surface area contributed by atoms with Gasteiger partial charge in [-0.15, -0.1) is 0 Å². The van der Waals surface area contributed by atoms with E-state index < -0.39 is 59.1 Å². The third-order valence-corrected chi connectivity index (χ3v) is 7.98. The van der Waals surface area contributed by atoms with Gasteiger partial charge in [-0.25, -0.2) is 4.79 Å². The van der Waals surface area contributed by atoms with Crippen LogP contribution in [-0.2, 0) is 19.2 Å². The van der Waals surface area contributed by atoms with Crippen molar-refractivity contribution in [1.82, 2.24) is 20.9 Å². The number of hydrogen-bond acceptors (Lipinski definition) is 7. The van der Waals surface area contributed by atoms with E-state index in [4.69, 9.17) is 10.5 Å². The van der Waals surface area contributed by atoms with Crippen molar-refractivity contribution in [2.24, 2.45) is 23.0 Å². The summed E-state index contributed by atoms with van der Waals surface area (Å²) in [4.78, 5) is 79.1. The second kappa shape index (κ2) is 14.0. The monoisotopic (exact) mass is 599 g/mol. The number of likely N-dealkylation sites (tertiary alicyclic amines) is 1. The van der Waals surface area contributed by atoms with Crippen LogP contribution in [0.3, 0.4) is 0 Å². The zero-order valence-electron chi connectivity index (χ0n) is 25.9. The van der Waals surface area contributed by atoms with Crippen LogP contribution >= 0.6 is 0 Å². The normalized spacial score (nSPS) is 18.8. The fourth-order valence-electron chi connectivity index (χ4n) is 5.26. The molecule has 1 aliphatic carbocycles. The molecule has 43 heavy (non-hydrogen) atoms. The first-order chi connectivity index (χ1) is 20.1. The van der Waals surface area contributed by atoms with Crippen molar-refractivity contribution in [1.29, 1.82) is 0 Å². The molecule has 4 atom stereocenters. The van der Waals surface area contributed by atoms with Crippen LogP contribution in [0.4, 0.5) is 4.79 Å². The van der Waals surface area contributed by atoms with Crippen LogP contribution in [0.2, 0.25) is 0 Å². The second-order valence-corrected chi connectivity index (χ2v) is 12.9. The Kier molecular flexibility index (Phi) is 10.9. The summed E-state index contributed by atoms with van der Waals surface area (Å²) in [6.07, 6.45) is 3.07. The summed E-state index contributed by atoms with van der Waals surface area (Å²) in [5.41, 5.74) is 4.87. The van der Waals surface area contributed by atoms with E-state index in [1.54, 1.807) is 45.0 Å². The van der Waals surface area contributed by atoms with Gasteiger partial charge in [0.2, 0.25) is 17.6 Å². The molecule has 12 heteroatoms. The third kappa shape index (κ3) is 8.77. The minimum atomic E-state index is -1.11. The first kappa shape index (κ1) is 33.5. The number of ether oxygens (including phenoxy) is 1. The van der Waals surface area contributed by atoms with Crippen LogP contribution in [0, 0.1) is 17.3 Å². The molecule has 12 nitrogen and oxygen atoms in total. The SMILES string of the molecule is COc1ccc(C(=O)C(NC(=O)NC(C(=O)N2CCC[C@H]2C(=O)NC(CC2CC2)C(=O)C(N)=O)C(C)(C)C)C(C)C)cc1. The number of ketones is 2. The van der Waals surface area contributed by atoms with E-state index in [0.717, 1.165) is 12.8 Å². The third-order valence-electron chi connectivity index (χ3n) is 7.98. The van der Waals surface area contributed by atoms with E-state index in [2.05, 4.69) is 16.0 Å². The number of methoxy groups -OCH3 is 1. The lowest BCUT2D eigenvalue weighted by Crippen LogP contribution is -2.61. The number of carbonyl (C=O) groups excluding carboxylic acids is 6. The van der Waals surface area contributed by atoms with Crippen molar-refractivity contribution < 1.29 is 33.5 Å². The van der Waals surface area contributed by atoms with Crippen molar-refractivity contribution in [3.05, 3.63) is 29.8 Å². The van der Waals surface area contributed by atoms with E-state index in [-0.39, 0.29) is 24.2 Å². The van der Waals surface area contributed by atoms with Crippen LogP contribution < -0.4 is 26.4 Å². The van der Waals surface area contributed by atoms with Crippen LogP contribution in [0.25, 0.3) is 0 Å². The van der Waals surface area contributed by atoms with E-state index in [9.17, 15) is 28.8 Å². The summed E-state index contributed by atoms with van der Waals surface area (Å²) in [5.74, 6) is -2.65. The fourth-order valence-corrected chi connectivity index (χ4v) is 5.26. The molecule has 0 radical (unpaired) electrons. The van der Waals surface area contributed by atoms with Crippen molar-refractivity contribution >= 4 is 35.3 Å². The summed E-state index contributed by atoms with van der Waals surface area (Å²) in [5, 5.41) is 8.15. The van der Waals surface area contributed by atoms with E-state index in [1.165, 1.54) is 12.0 Å². The Morgan fingerprint density at radius 2 is 1.60 bits per heavy atom. The second-order valence-electron chi connectivity index (χ2n) is 12.9. The molecule has 1 aromatic carbocycles. The van der Waals surface area contributed by atoms with Crippen molar-refractivity contribution in [3.8, 4) is 5.75 Å². The summed E-state index contributed by atoms with van der Waals surface area (Å²) in [7, 11) is 1.53. The average Bonchev–Trinajstić information content (AvgIpc) is 3.63. The Hall–Kier alpha value is -3.96. The maximum Gasteiger partial charge on any atom is 0.316 e. The molecule has 2 aliphatic rings. The summed E-state index contributed by atoms with van der Waals surface area (Å²) in [6.45, 7) is 9.29. The lowest BCUT2D eigenvalue weighted by molar-refractivity contribution is -0.143. The minimum Gasteiger partial charge on any atom is -0.497 e. The molecule has 1 aliphatic heterocycles. The maximum absolute atomic E-state index is 13.9. The van der Waals surface area contributed by atoms with Crippen molar-refractivity contribution in [3.63, 3.8) is 0 Å². The van der Waals surface area contributed by atoms with Gasteiger partial charge in [-0.2, -0.15) is 0 Å². The van der Waals surface area contributed by atoms with Gasteiger partial charge in [-0.1, -0.05) is 47.5 Å². The smallest absolute Gasteiger partial charge is 0.316 e. The van der Waals surface area contributed by atoms with Gasteiger partial charge in [-0.05, 0) is 60.8 Å². The standard InChI is InChI=1S/C31H45N5O7/c1-17(2)23(24(37)19-11-13-20(43-6)14-12-19)34-30(42)35-26(31(3,4)5)29(41)36-15-7-8-22(36)28(40)33-21(16-18-9-10-18)25(38)27(32)39/h11-14,17-18,21-23,26H,7-10,15-16H2,1-6H3,(H2,32,39)(H,33,40)(H2,34,35,42)/t21?,22-,23?,26?/m0/s1. The molecule has 0 aromatic heterocycles. The molecule has 1 saturated heterocycles. The highest BCUT2D eigenvalue weighted by Gasteiger charge is 2.43. The summed E-state index contributed by atoms with van der Waals surface area (Å²) in [6, 6.07) is 2.10. The quantitative estimate of drug-likeness (QED) is 0.198. The average molecular weight is 600 g/mol. The first-order valence-corrected chi connectivity index (χ1v) is 14.8. The highest BCUT2D eigenvalue weighted by atomic mass is 16.5. The fraction of sp³-hybridized carbons (Fsp3) is 0.613. The predicted molar refractivity (Wildman–Crippen MR) is 159 cm³/mol. The number of Topliss-reactive ketones (excluding diaryl/α,β-unsaturated/α-hetero) is 2. The molecule has 5 N–H and O–H groups in total. The number of nitrogens with one attached hydrogen (secondary N) is 3. The molecule has 1 aromatic rings. The number of rotatable bonds is 13. The lowest BCUT2D eigenvalue weighted by Gasteiger charge is -2.36. The molecule has 5 amide bonds. The molecule has 3 unspecified atom stereocenters. The Bertz CT molecular complexity index is 1220. The molecule has 0 spiro atoms. The number of carbonyl (C=O) groups is 6. The highest BCUT2D eigenvalue weighted by Crippen LogP contribution is 2.34. The van der Waals surface area contributed by atoms with Gasteiger partial charge < -0.3 is 31.3 Å². The van der Waals surface area contributed by atoms with Crippen LogP contribution in [0.15, 0.2) is 24.3 Å². The number of hydrogen-bond donors (Lipinski definition) is 4. The number of amides is 5. The zero-order valence-corrected chi connectivity index (χ0v) is 25.9. The molecular formula is C31H45N5O7. The van der Waals surface area contributed by atoms with Crippen LogP contribution in [0.5, 0.6) is 5.75 Å². The molecule has 236 valence electrons. The van der Waals surface area contributed by atoms with Gasteiger partial charge in [0.05, 0.1) is 19.2 Å². The number of urea groups is 1. The largest absolute Gasteiger partial charge is 0.497 e. The van der Waals surface area contributed by atoms with Gasteiger partial charge in [0.15, 0.2) is 5.78 Å². The zero-order chi connectivity index (χ0) is 32.1. The molecule has 2 fully saturated rings. The Morgan fingerprint density at radius 1 is 0.977 bits per heavy atom. The minimum absolute atomic E-state index is 0.245. The number of benzene rings is 1. The molecule has 1 heterocycles. The maximum atomic E-state index is 13.9. The lowest BCUT2D eigenvalue weighted by atomic mass is 9.85. The Labute approximate surface area is 252 Å². The number of primary amides is 1. The number of nitrogens with two attached hydrogens (primary N) is 1. The highest BCUT2D eigenvalue weighted by molar-refractivity contribution is 6.37. The van der Waals surface area contributed by atoms with E-state index >= 15 is 0 Å². The van der Waals surface area contributed by atoms with Crippen LogP contribution in [0.1, 0.15) is 77.1 Å². The Balaban J connectivity index is 1.73. The topological polar surface area (TPSA) is 177 Å². The first-order valence-electron chi connectivity index (χ1n) is 14.8. The van der Waals surface area contributed by atoms with Gasteiger partial charge >= 0.3 is 6.03 Å². The molecule has 3 rings (SSSR count). The van der Waals surface area contributed by atoms with E-state index in [0.29, 0.717) is 30.6 Å². The molecule has 1 saturated carbocycles. The Morgan fingerprint density at radius 3 is 2.12 bits per heavy atom. The van der Waals surface area contributed by atoms with Crippen molar-refractivity contribution in [2.75, 3.05) is 13.7 Å². The van der Waals surface area contributed by atoms with Gasteiger partial charge in [0, 0.05) is 12.1 Å². The summed E-state index contributed by atoms with van der Waals surface area (Å²) >= 11 is 0. The van der Waals surface area contributed by atoms with Crippen molar-refractivity contribution in [2.45, 2.75) is 90.9 Å². The van der Waals surface area contributed by atoms with E-state index in [1.807, 2.05) is 13.8 Å². The predicted octanol–water partition coefficient (Wildman–Crippen LogP) is 1.95. The molecule has 0 bridgehead atoms. The van der Waals surface area contributed by atoms with Gasteiger partial charge in [0.25, 0.3) is 5.91 Å². The van der Waals surface area contributed by atoms with Gasteiger partial charge in [-0.3, -0.25) is 24.0 Å².